The number of carboxylic acid groups (broad SMARTS) is 1. The molecule has 0 radical (unpaired) electrons. The van der Waals surface area contributed by atoms with Gasteiger partial charge in [0.25, 0.3) is 5.91 Å². The van der Waals surface area contributed by atoms with E-state index in [0.29, 0.717) is 18.1 Å². The molecule has 0 spiro atoms. The van der Waals surface area contributed by atoms with Gasteiger partial charge in [-0.1, -0.05) is 38.3 Å². The van der Waals surface area contributed by atoms with Crippen molar-refractivity contribution in [2.24, 2.45) is 0 Å². The molecule has 0 aliphatic heterocycles. The van der Waals surface area contributed by atoms with Gasteiger partial charge in [0.05, 0.1) is 18.9 Å². The number of nitrogens with one attached hydrogen (secondary N) is 1. The van der Waals surface area contributed by atoms with Crippen molar-refractivity contribution in [3.8, 4) is 11.3 Å². The number of methoxy groups -OCH3 is 2. The van der Waals surface area contributed by atoms with Crippen LogP contribution >= 0.6 is 11.3 Å². The molecular formula is C27H27F3N2O5S. The Morgan fingerprint density at radius 1 is 1.16 bits per heavy atom. The number of thiazole rings is 1. The number of aliphatic carboxylic acids is 1. The Labute approximate surface area is 221 Å². The Balaban J connectivity index is 1.81. The molecule has 0 fully saturated rings. The second-order valence-electron chi connectivity index (χ2n) is 8.29. The fourth-order valence-electron chi connectivity index (χ4n) is 3.79. The van der Waals surface area contributed by atoms with Gasteiger partial charge in [-0.15, -0.1) is 11.3 Å². The number of rotatable bonds is 12. The summed E-state index contributed by atoms with van der Waals surface area (Å²) in [6.45, 7) is 2.08. The van der Waals surface area contributed by atoms with E-state index in [1.54, 1.807) is 23.6 Å². The molecule has 1 aromatic heterocycles. The summed E-state index contributed by atoms with van der Waals surface area (Å²) in [5.74, 6) is -5.82. The normalized spacial score (nSPS) is 12.3. The van der Waals surface area contributed by atoms with Crippen molar-refractivity contribution in [2.75, 3.05) is 19.5 Å². The number of carboxylic acids is 1. The summed E-state index contributed by atoms with van der Waals surface area (Å²) in [6, 6.07) is 6.47. The minimum absolute atomic E-state index is 0.0957. The summed E-state index contributed by atoms with van der Waals surface area (Å²) >= 11 is 1.02. The Kier molecular flexibility index (Phi) is 10.0. The van der Waals surface area contributed by atoms with E-state index in [4.69, 9.17) is 9.84 Å². The lowest BCUT2D eigenvalue weighted by Gasteiger charge is -2.17. The molecule has 2 aromatic carbocycles. The number of aromatic nitrogens is 1. The van der Waals surface area contributed by atoms with Crippen molar-refractivity contribution in [3.63, 3.8) is 0 Å². The van der Waals surface area contributed by atoms with Crippen LogP contribution in [0.3, 0.4) is 0 Å². The molecular weight excluding hydrogens is 521 g/mol. The van der Waals surface area contributed by atoms with Gasteiger partial charge in [0, 0.05) is 40.8 Å². The van der Waals surface area contributed by atoms with Gasteiger partial charge < -0.3 is 14.6 Å². The van der Waals surface area contributed by atoms with Gasteiger partial charge in [-0.2, -0.15) is 0 Å². The fourth-order valence-corrected chi connectivity index (χ4v) is 4.50. The molecule has 0 bridgehead atoms. The van der Waals surface area contributed by atoms with Crippen LogP contribution in [0.5, 0.6) is 0 Å². The SMILES string of the molecule is CCCCCC(OC)c1cccc(-c2csc(NC(=O)c3cc(F)c(C=C(OC)C(=O)O)c(F)c3)n2)c1F. The average Bonchev–Trinajstić information content (AvgIpc) is 3.34. The molecule has 3 rings (SSSR count). The predicted octanol–water partition coefficient (Wildman–Crippen LogP) is 6.82. The largest absolute Gasteiger partial charge is 0.490 e. The lowest BCUT2D eigenvalue weighted by atomic mass is 9.99. The maximum Gasteiger partial charge on any atom is 0.371 e. The van der Waals surface area contributed by atoms with E-state index in [-0.39, 0.29) is 22.0 Å². The van der Waals surface area contributed by atoms with Crippen LogP contribution < -0.4 is 5.32 Å². The van der Waals surface area contributed by atoms with Crippen LogP contribution in [0.4, 0.5) is 18.3 Å². The molecule has 0 saturated carbocycles. The maximum atomic E-state index is 15.4. The highest BCUT2D eigenvalue weighted by molar-refractivity contribution is 7.14. The number of unbranched alkanes of at least 4 members (excludes halogenated alkanes) is 2. The van der Waals surface area contributed by atoms with Crippen molar-refractivity contribution >= 4 is 34.4 Å². The standard InChI is InChI=1S/C27H27F3N2O5S/c1-4-5-6-10-22(36-2)17-9-7-8-16(24(17)30)21-14-38-27(31-21)32-25(33)15-11-19(28)18(20(29)12-15)13-23(37-3)26(34)35/h7-9,11-14,22H,4-6,10H2,1-3H3,(H,34,35)(H,31,32,33). The van der Waals surface area contributed by atoms with Gasteiger partial charge in [-0.3, -0.25) is 10.1 Å². The average molecular weight is 549 g/mol. The Hall–Kier alpha value is -3.70. The number of ether oxygens (including phenoxy) is 2. The van der Waals surface area contributed by atoms with Crippen LogP contribution in [-0.2, 0) is 14.3 Å². The summed E-state index contributed by atoms with van der Waals surface area (Å²) < 4.78 is 54.5. The smallest absolute Gasteiger partial charge is 0.371 e. The van der Waals surface area contributed by atoms with Crippen molar-refractivity contribution in [2.45, 2.75) is 38.7 Å². The molecule has 1 unspecified atom stereocenters. The summed E-state index contributed by atoms with van der Waals surface area (Å²) in [5, 5.41) is 13.1. The molecule has 1 amide bonds. The predicted molar refractivity (Wildman–Crippen MR) is 138 cm³/mol. The van der Waals surface area contributed by atoms with Crippen molar-refractivity contribution in [1.82, 2.24) is 4.98 Å². The number of amides is 1. The fraction of sp³-hybridized carbons (Fsp3) is 0.296. The molecule has 202 valence electrons. The molecule has 3 aromatic rings. The zero-order chi connectivity index (χ0) is 27.8. The van der Waals surface area contributed by atoms with Crippen molar-refractivity contribution in [1.29, 1.82) is 0 Å². The van der Waals surface area contributed by atoms with Gasteiger partial charge in [-0.25, -0.2) is 22.9 Å². The Bertz CT molecular complexity index is 1320. The lowest BCUT2D eigenvalue weighted by molar-refractivity contribution is -0.135. The molecule has 0 aliphatic rings. The van der Waals surface area contributed by atoms with Gasteiger partial charge in [0.15, 0.2) is 5.13 Å². The van der Waals surface area contributed by atoms with E-state index < -0.39 is 46.8 Å². The second kappa shape index (κ2) is 13.2. The number of hydrogen-bond donors (Lipinski definition) is 2. The van der Waals surface area contributed by atoms with Crippen molar-refractivity contribution in [3.05, 3.63) is 75.6 Å². The topological polar surface area (TPSA) is 97.8 Å². The Morgan fingerprint density at radius 2 is 1.87 bits per heavy atom. The molecule has 0 saturated heterocycles. The molecule has 2 N–H and O–H groups in total. The molecule has 1 atom stereocenters. The van der Waals surface area contributed by atoms with E-state index in [9.17, 15) is 18.4 Å². The van der Waals surface area contributed by atoms with Crippen LogP contribution in [0.15, 0.2) is 41.5 Å². The summed E-state index contributed by atoms with van der Waals surface area (Å²) in [5.41, 5.74) is -0.0912. The first kappa shape index (κ1) is 28.9. The number of anilines is 1. The van der Waals surface area contributed by atoms with Crippen LogP contribution in [-0.4, -0.2) is 36.2 Å². The highest BCUT2D eigenvalue weighted by Crippen LogP contribution is 2.33. The van der Waals surface area contributed by atoms with E-state index in [0.717, 1.165) is 49.8 Å². The quantitative estimate of drug-likeness (QED) is 0.146. The first-order valence-corrected chi connectivity index (χ1v) is 12.6. The van der Waals surface area contributed by atoms with E-state index in [2.05, 4.69) is 22.0 Å². The first-order valence-electron chi connectivity index (χ1n) is 11.8. The van der Waals surface area contributed by atoms with E-state index >= 15 is 4.39 Å². The highest BCUT2D eigenvalue weighted by atomic mass is 32.1. The van der Waals surface area contributed by atoms with Gasteiger partial charge >= 0.3 is 5.97 Å². The van der Waals surface area contributed by atoms with E-state index in [1.807, 2.05) is 0 Å². The molecule has 11 heteroatoms. The number of benzene rings is 2. The monoisotopic (exact) mass is 548 g/mol. The summed E-state index contributed by atoms with van der Waals surface area (Å²) in [7, 11) is 2.59. The number of hydrogen-bond acceptors (Lipinski definition) is 6. The van der Waals surface area contributed by atoms with Crippen molar-refractivity contribution < 1.29 is 37.3 Å². The maximum absolute atomic E-state index is 15.4. The third-order valence-electron chi connectivity index (χ3n) is 5.78. The van der Waals surface area contributed by atoms with Gasteiger partial charge in [0.2, 0.25) is 5.76 Å². The zero-order valence-electron chi connectivity index (χ0n) is 21.0. The highest BCUT2D eigenvalue weighted by Gasteiger charge is 2.21. The molecule has 0 aliphatic carbocycles. The van der Waals surface area contributed by atoms with Gasteiger partial charge in [-0.05, 0) is 24.6 Å². The zero-order valence-corrected chi connectivity index (χ0v) is 21.8. The van der Waals surface area contributed by atoms with Crippen LogP contribution in [0.25, 0.3) is 17.3 Å². The number of carbonyl (C=O) groups is 2. The first-order chi connectivity index (χ1) is 18.2. The molecule has 1 heterocycles. The molecule has 38 heavy (non-hydrogen) atoms. The number of carbonyl (C=O) groups excluding carboxylic acids is 1. The lowest BCUT2D eigenvalue weighted by Crippen LogP contribution is -2.13. The minimum atomic E-state index is -1.51. The summed E-state index contributed by atoms with van der Waals surface area (Å²) in [6.07, 6.45) is 3.90. The van der Waals surface area contributed by atoms with E-state index in [1.165, 1.54) is 7.11 Å². The molecule has 7 nitrogen and oxygen atoms in total. The Morgan fingerprint density at radius 3 is 2.47 bits per heavy atom. The number of nitrogens with zero attached hydrogens (tertiary/aromatic N) is 1. The van der Waals surface area contributed by atoms with Crippen LogP contribution in [0, 0.1) is 17.5 Å². The van der Waals surface area contributed by atoms with Gasteiger partial charge in [0.1, 0.15) is 17.5 Å². The van der Waals surface area contributed by atoms with Crippen LogP contribution in [0.1, 0.15) is 60.2 Å². The third-order valence-corrected chi connectivity index (χ3v) is 6.54. The van der Waals surface area contributed by atoms with Crippen LogP contribution in [0.2, 0.25) is 0 Å². The second-order valence-corrected chi connectivity index (χ2v) is 9.15. The summed E-state index contributed by atoms with van der Waals surface area (Å²) in [4.78, 5) is 27.9. The minimum Gasteiger partial charge on any atom is -0.490 e. The number of halogens is 3. The third kappa shape index (κ3) is 6.78.